The summed E-state index contributed by atoms with van der Waals surface area (Å²) in [6, 6.07) is 6.90. The highest BCUT2D eigenvalue weighted by molar-refractivity contribution is 5.26. The van der Waals surface area contributed by atoms with E-state index in [-0.39, 0.29) is 0 Å². The van der Waals surface area contributed by atoms with Crippen LogP contribution < -0.4 is 10.6 Å². The van der Waals surface area contributed by atoms with Gasteiger partial charge in [-0.05, 0) is 24.1 Å². The van der Waals surface area contributed by atoms with Crippen molar-refractivity contribution in [3.05, 3.63) is 29.8 Å². The second-order valence-corrected chi connectivity index (χ2v) is 4.95. The molecule has 1 aromatic carbocycles. The molecule has 7 heteroatoms. The zero-order valence-electron chi connectivity index (χ0n) is 11.8. The highest BCUT2D eigenvalue weighted by Gasteiger charge is 2.44. The Kier molecular flexibility index (Phi) is 5.51. The third kappa shape index (κ3) is 3.70. The van der Waals surface area contributed by atoms with Crippen molar-refractivity contribution in [1.29, 1.82) is 0 Å². The Hall–Kier alpha value is -1.22. The van der Waals surface area contributed by atoms with Gasteiger partial charge in [0.25, 0.3) is 0 Å². The quantitative estimate of drug-likeness (QED) is 0.435. The van der Waals surface area contributed by atoms with Gasteiger partial charge in [0, 0.05) is 6.54 Å². The van der Waals surface area contributed by atoms with E-state index in [4.69, 9.17) is 20.2 Å². The van der Waals surface area contributed by atoms with Crippen molar-refractivity contribution in [3.63, 3.8) is 0 Å². The van der Waals surface area contributed by atoms with Gasteiger partial charge in [-0.1, -0.05) is 19.1 Å². The Balaban J connectivity index is 1.94. The summed E-state index contributed by atoms with van der Waals surface area (Å²) >= 11 is 0. The number of hydrogen-bond acceptors (Lipinski definition) is 7. The number of rotatable bonds is 5. The summed E-state index contributed by atoms with van der Waals surface area (Å²) in [6.07, 6.45) is -5.24. The Labute approximate surface area is 122 Å². The monoisotopic (exact) mass is 299 g/mol. The summed E-state index contributed by atoms with van der Waals surface area (Å²) in [5.41, 5.74) is 6.44. The van der Waals surface area contributed by atoms with Gasteiger partial charge in [0.05, 0.1) is 6.10 Å². The molecule has 0 spiro atoms. The standard InChI is InChI=1S/C14H21NO6/c1-2-10-11(16)12(17)13(18)14(19-10)21-20-9-5-3-8(7-15)4-6-9/h3-6,10-14,16-18H,2,7,15H2,1H3/t10-,11-,12+,13-,14+/m1/s1. The van der Waals surface area contributed by atoms with Gasteiger partial charge in [-0.15, -0.1) is 0 Å². The first kappa shape index (κ1) is 16.2. The predicted octanol–water partition coefficient (Wildman–Crippen LogP) is -0.327. The zero-order valence-corrected chi connectivity index (χ0v) is 11.8. The van der Waals surface area contributed by atoms with E-state index < -0.39 is 30.7 Å². The molecule has 1 fully saturated rings. The van der Waals surface area contributed by atoms with Gasteiger partial charge < -0.3 is 30.7 Å². The van der Waals surface area contributed by atoms with E-state index in [2.05, 4.69) is 0 Å². The molecule has 1 aromatic rings. The van der Waals surface area contributed by atoms with Gasteiger partial charge >= 0.3 is 0 Å². The van der Waals surface area contributed by atoms with E-state index in [1.165, 1.54) is 0 Å². The fourth-order valence-corrected chi connectivity index (χ4v) is 2.12. The number of nitrogens with two attached hydrogens (primary N) is 1. The summed E-state index contributed by atoms with van der Waals surface area (Å²) in [6.45, 7) is 2.22. The van der Waals surface area contributed by atoms with Crippen LogP contribution in [0.4, 0.5) is 0 Å². The molecule has 1 aliphatic rings. The summed E-state index contributed by atoms with van der Waals surface area (Å²) in [5.74, 6) is 0.414. The Morgan fingerprint density at radius 2 is 1.76 bits per heavy atom. The fraction of sp³-hybridized carbons (Fsp3) is 0.571. The van der Waals surface area contributed by atoms with Crippen LogP contribution in [-0.2, 0) is 16.2 Å². The molecule has 118 valence electrons. The molecule has 0 radical (unpaired) electrons. The second kappa shape index (κ2) is 7.17. The number of aliphatic hydroxyl groups is 3. The number of aliphatic hydroxyl groups excluding tert-OH is 3. The molecule has 1 aliphatic heterocycles. The number of ether oxygens (including phenoxy) is 1. The maximum absolute atomic E-state index is 9.82. The molecule has 2 rings (SSSR count). The van der Waals surface area contributed by atoms with Gasteiger partial charge in [0.15, 0.2) is 5.75 Å². The van der Waals surface area contributed by atoms with Crippen molar-refractivity contribution >= 4 is 0 Å². The van der Waals surface area contributed by atoms with Gasteiger partial charge in [-0.3, -0.25) is 0 Å². The highest BCUT2D eigenvalue weighted by Crippen LogP contribution is 2.24. The van der Waals surface area contributed by atoms with Crippen LogP contribution in [0.1, 0.15) is 18.9 Å². The van der Waals surface area contributed by atoms with Crippen molar-refractivity contribution in [3.8, 4) is 5.75 Å². The molecule has 5 atom stereocenters. The summed E-state index contributed by atoms with van der Waals surface area (Å²) in [5, 5.41) is 29.3. The van der Waals surface area contributed by atoms with Crippen LogP contribution in [-0.4, -0.2) is 46.0 Å². The Morgan fingerprint density at radius 1 is 1.10 bits per heavy atom. The third-order valence-corrected chi connectivity index (χ3v) is 3.47. The Morgan fingerprint density at radius 3 is 2.33 bits per heavy atom. The molecule has 0 saturated carbocycles. The lowest BCUT2D eigenvalue weighted by Crippen LogP contribution is -2.58. The molecular formula is C14H21NO6. The fourth-order valence-electron chi connectivity index (χ4n) is 2.12. The predicted molar refractivity (Wildman–Crippen MR) is 73.0 cm³/mol. The zero-order chi connectivity index (χ0) is 15.4. The van der Waals surface area contributed by atoms with Crippen LogP contribution in [0.25, 0.3) is 0 Å². The van der Waals surface area contributed by atoms with Crippen molar-refractivity contribution in [2.75, 3.05) is 0 Å². The van der Waals surface area contributed by atoms with Crippen LogP contribution in [0.3, 0.4) is 0 Å². The molecule has 1 heterocycles. The molecule has 0 amide bonds. The number of hydrogen-bond donors (Lipinski definition) is 4. The summed E-state index contributed by atoms with van der Waals surface area (Å²) in [4.78, 5) is 10.1. The first-order chi connectivity index (χ1) is 10.1. The van der Waals surface area contributed by atoms with Crippen LogP contribution in [0, 0.1) is 0 Å². The van der Waals surface area contributed by atoms with E-state index in [1.54, 1.807) is 31.2 Å². The van der Waals surface area contributed by atoms with E-state index >= 15 is 0 Å². The summed E-state index contributed by atoms with van der Waals surface area (Å²) < 4.78 is 5.37. The average Bonchev–Trinajstić information content (AvgIpc) is 2.52. The maximum Gasteiger partial charge on any atom is 0.232 e. The second-order valence-electron chi connectivity index (χ2n) is 4.95. The largest absolute Gasteiger partial charge is 0.388 e. The van der Waals surface area contributed by atoms with Crippen LogP contribution in [0.5, 0.6) is 5.75 Å². The minimum Gasteiger partial charge on any atom is -0.388 e. The van der Waals surface area contributed by atoms with E-state index in [0.717, 1.165) is 5.56 Å². The van der Waals surface area contributed by atoms with E-state index in [1.807, 2.05) is 0 Å². The van der Waals surface area contributed by atoms with Crippen LogP contribution in [0.2, 0.25) is 0 Å². The van der Waals surface area contributed by atoms with Gasteiger partial charge in [0.2, 0.25) is 6.29 Å². The van der Waals surface area contributed by atoms with E-state index in [9.17, 15) is 15.3 Å². The lowest BCUT2D eigenvalue weighted by molar-refractivity contribution is -0.385. The molecule has 21 heavy (non-hydrogen) atoms. The first-order valence-electron chi connectivity index (χ1n) is 6.88. The van der Waals surface area contributed by atoms with Gasteiger partial charge in [-0.25, -0.2) is 0 Å². The van der Waals surface area contributed by atoms with Crippen LogP contribution in [0.15, 0.2) is 24.3 Å². The topological polar surface area (TPSA) is 114 Å². The van der Waals surface area contributed by atoms with E-state index in [0.29, 0.717) is 18.7 Å². The lowest BCUT2D eigenvalue weighted by Gasteiger charge is -2.38. The molecule has 5 N–H and O–H groups in total. The maximum atomic E-state index is 9.82. The minimum absolute atomic E-state index is 0.414. The first-order valence-corrected chi connectivity index (χ1v) is 6.88. The van der Waals surface area contributed by atoms with Crippen molar-refractivity contribution in [2.24, 2.45) is 5.73 Å². The lowest BCUT2D eigenvalue weighted by atomic mass is 9.97. The molecule has 0 aromatic heterocycles. The normalized spacial score (nSPS) is 32.9. The highest BCUT2D eigenvalue weighted by atomic mass is 17.2. The van der Waals surface area contributed by atoms with Gasteiger partial charge in [-0.2, -0.15) is 4.89 Å². The van der Waals surface area contributed by atoms with Crippen molar-refractivity contribution < 1.29 is 29.8 Å². The number of benzene rings is 1. The van der Waals surface area contributed by atoms with Crippen LogP contribution >= 0.6 is 0 Å². The third-order valence-electron chi connectivity index (χ3n) is 3.47. The minimum atomic E-state index is -1.40. The SMILES string of the molecule is CC[C@H]1O[C@@H](OOc2ccc(CN)cc2)[C@H](O)[C@@H](O)[C@@H]1O. The van der Waals surface area contributed by atoms with Gasteiger partial charge in [0.1, 0.15) is 18.3 Å². The molecule has 0 unspecified atom stereocenters. The smallest absolute Gasteiger partial charge is 0.232 e. The van der Waals surface area contributed by atoms with Crippen molar-refractivity contribution in [2.45, 2.75) is 50.6 Å². The molecule has 0 aliphatic carbocycles. The Bertz CT molecular complexity index is 438. The van der Waals surface area contributed by atoms with Crippen molar-refractivity contribution in [1.82, 2.24) is 0 Å². The molecular weight excluding hydrogens is 278 g/mol. The average molecular weight is 299 g/mol. The molecule has 1 saturated heterocycles. The molecule has 0 bridgehead atoms. The molecule has 7 nitrogen and oxygen atoms in total. The summed E-state index contributed by atoms with van der Waals surface area (Å²) in [7, 11) is 0.